The van der Waals surface area contributed by atoms with Crippen molar-refractivity contribution in [2.75, 3.05) is 6.54 Å². The van der Waals surface area contributed by atoms with Crippen molar-refractivity contribution in [2.24, 2.45) is 5.73 Å². The molecule has 5 heteroatoms. The molecule has 0 unspecified atom stereocenters. The maximum absolute atomic E-state index is 5.51. The summed E-state index contributed by atoms with van der Waals surface area (Å²) in [4.78, 5) is 16.9. The molecule has 0 bridgehead atoms. The Labute approximate surface area is 93.8 Å². The van der Waals surface area contributed by atoms with Crippen molar-refractivity contribution in [1.29, 1.82) is 0 Å². The van der Waals surface area contributed by atoms with E-state index in [1.54, 1.807) is 18.5 Å². The van der Waals surface area contributed by atoms with Crippen LogP contribution in [-0.4, -0.2) is 26.5 Å². The Bertz CT molecular complexity index is 469. The van der Waals surface area contributed by atoms with E-state index < -0.39 is 0 Å². The van der Waals surface area contributed by atoms with Gasteiger partial charge >= 0.3 is 0 Å². The molecule has 0 amide bonds. The first-order valence-corrected chi connectivity index (χ1v) is 5.11. The lowest BCUT2D eigenvalue weighted by Crippen LogP contribution is -2.07. The van der Waals surface area contributed by atoms with Gasteiger partial charge in [-0.1, -0.05) is 0 Å². The van der Waals surface area contributed by atoms with E-state index >= 15 is 0 Å². The van der Waals surface area contributed by atoms with Crippen molar-refractivity contribution >= 4 is 0 Å². The standard InChI is InChI=1S/C11H13N5/c1-8-7-9(3-4-12)16-11(15-8)10-13-5-2-6-14-10/h2,5-7H,3-4,12H2,1H3. The fourth-order valence-electron chi connectivity index (χ4n) is 1.42. The maximum Gasteiger partial charge on any atom is 0.198 e. The van der Waals surface area contributed by atoms with Gasteiger partial charge in [0.2, 0.25) is 0 Å². The van der Waals surface area contributed by atoms with E-state index in [1.807, 2.05) is 13.0 Å². The summed E-state index contributed by atoms with van der Waals surface area (Å²) in [6.45, 7) is 2.50. The third-order valence-corrected chi connectivity index (χ3v) is 2.07. The van der Waals surface area contributed by atoms with E-state index in [0.29, 0.717) is 18.2 Å². The van der Waals surface area contributed by atoms with Crippen LogP contribution in [-0.2, 0) is 6.42 Å². The number of nitrogens with two attached hydrogens (primary N) is 1. The second-order valence-electron chi connectivity index (χ2n) is 3.44. The first-order valence-electron chi connectivity index (χ1n) is 5.11. The number of nitrogens with zero attached hydrogens (tertiary/aromatic N) is 4. The van der Waals surface area contributed by atoms with Gasteiger partial charge in [-0.15, -0.1) is 0 Å². The Morgan fingerprint density at radius 2 is 1.88 bits per heavy atom. The Kier molecular flexibility index (Phi) is 3.16. The van der Waals surface area contributed by atoms with Gasteiger partial charge in [-0.05, 0) is 25.6 Å². The number of aromatic nitrogens is 4. The average molecular weight is 215 g/mol. The van der Waals surface area contributed by atoms with Crippen LogP contribution in [0.2, 0.25) is 0 Å². The quantitative estimate of drug-likeness (QED) is 0.817. The second-order valence-corrected chi connectivity index (χ2v) is 3.44. The topological polar surface area (TPSA) is 77.6 Å². The van der Waals surface area contributed by atoms with E-state index in [4.69, 9.17) is 5.73 Å². The molecule has 82 valence electrons. The van der Waals surface area contributed by atoms with E-state index in [9.17, 15) is 0 Å². The third-order valence-electron chi connectivity index (χ3n) is 2.07. The van der Waals surface area contributed by atoms with Gasteiger partial charge < -0.3 is 5.73 Å². The first kappa shape index (κ1) is 10.6. The molecule has 2 aromatic rings. The van der Waals surface area contributed by atoms with Crippen LogP contribution in [0.4, 0.5) is 0 Å². The van der Waals surface area contributed by atoms with Gasteiger partial charge in [-0.25, -0.2) is 19.9 Å². The molecular formula is C11H13N5. The van der Waals surface area contributed by atoms with Gasteiger partial charge in [0, 0.05) is 30.2 Å². The van der Waals surface area contributed by atoms with Gasteiger partial charge in [-0.3, -0.25) is 0 Å². The van der Waals surface area contributed by atoms with Crippen molar-refractivity contribution in [3.05, 3.63) is 35.9 Å². The van der Waals surface area contributed by atoms with E-state index in [-0.39, 0.29) is 0 Å². The normalized spacial score (nSPS) is 10.4. The first-order chi connectivity index (χ1) is 7.79. The molecule has 0 aliphatic heterocycles. The predicted octanol–water partition coefficient (Wildman–Crippen LogP) is 0.743. The molecule has 2 heterocycles. The molecule has 0 fully saturated rings. The van der Waals surface area contributed by atoms with Crippen LogP contribution in [0.15, 0.2) is 24.5 Å². The fraction of sp³-hybridized carbons (Fsp3) is 0.273. The van der Waals surface area contributed by atoms with Gasteiger partial charge in [0.15, 0.2) is 11.6 Å². The number of aryl methyl sites for hydroxylation is 1. The molecule has 2 N–H and O–H groups in total. The number of hydrogen-bond acceptors (Lipinski definition) is 5. The summed E-state index contributed by atoms with van der Waals surface area (Å²) < 4.78 is 0. The molecular weight excluding hydrogens is 202 g/mol. The average Bonchev–Trinajstić information content (AvgIpc) is 2.30. The Morgan fingerprint density at radius 1 is 1.12 bits per heavy atom. The van der Waals surface area contributed by atoms with Crippen LogP contribution >= 0.6 is 0 Å². The number of hydrogen-bond donors (Lipinski definition) is 1. The predicted molar refractivity (Wildman–Crippen MR) is 60.6 cm³/mol. The maximum atomic E-state index is 5.51. The highest BCUT2D eigenvalue weighted by atomic mass is 15.0. The molecule has 2 aromatic heterocycles. The van der Waals surface area contributed by atoms with Crippen LogP contribution in [0.3, 0.4) is 0 Å². The summed E-state index contributed by atoms with van der Waals surface area (Å²) >= 11 is 0. The molecule has 0 aromatic carbocycles. The van der Waals surface area contributed by atoms with Gasteiger partial charge in [0.25, 0.3) is 0 Å². The fourth-order valence-corrected chi connectivity index (χ4v) is 1.42. The minimum Gasteiger partial charge on any atom is -0.330 e. The summed E-state index contributed by atoms with van der Waals surface area (Å²) in [6, 6.07) is 3.69. The monoisotopic (exact) mass is 215 g/mol. The van der Waals surface area contributed by atoms with Crippen molar-refractivity contribution < 1.29 is 0 Å². The summed E-state index contributed by atoms with van der Waals surface area (Å²) in [5.41, 5.74) is 7.34. The summed E-state index contributed by atoms with van der Waals surface area (Å²) in [5, 5.41) is 0. The third kappa shape index (κ3) is 2.38. The lowest BCUT2D eigenvalue weighted by Gasteiger charge is -2.03. The summed E-state index contributed by atoms with van der Waals surface area (Å²) in [5.74, 6) is 1.11. The zero-order chi connectivity index (χ0) is 11.4. The summed E-state index contributed by atoms with van der Waals surface area (Å²) in [6.07, 6.45) is 4.09. The molecule has 0 aliphatic carbocycles. The van der Waals surface area contributed by atoms with E-state index in [1.165, 1.54) is 0 Å². The minimum atomic E-state index is 0.546. The number of rotatable bonds is 3. The van der Waals surface area contributed by atoms with E-state index in [2.05, 4.69) is 19.9 Å². The lowest BCUT2D eigenvalue weighted by atomic mass is 10.2. The van der Waals surface area contributed by atoms with Gasteiger partial charge in [0.05, 0.1) is 0 Å². The van der Waals surface area contributed by atoms with Crippen molar-refractivity contribution in [1.82, 2.24) is 19.9 Å². The molecule has 5 nitrogen and oxygen atoms in total. The molecule has 0 atom stereocenters. The molecule has 2 rings (SSSR count). The van der Waals surface area contributed by atoms with Crippen molar-refractivity contribution in [3.63, 3.8) is 0 Å². The minimum absolute atomic E-state index is 0.546. The van der Waals surface area contributed by atoms with Crippen LogP contribution in [0.5, 0.6) is 0 Å². The molecule has 0 aliphatic rings. The van der Waals surface area contributed by atoms with E-state index in [0.717, 1.165) is 17.8 Å². The zero-order valence-electron chi connectivity index (χ0n) is 9.09. The summed E-state index contributed by atoms with van der Waals surface area (Å²) in [7, 11) is 0. The van der Waals surface area contributed by atoms with Crippen molar-refractivity contribution in [2.45, 2.75) is 13.3 Å². The van der Waals surface area contributed by atoms with Crippen LogP contribution < -0.4 is 5.73 Å². The van der Waals surface area contributed by atoms with Gasteiger partial charge in [-0.2, -0.15) is 0 Å². The molecule has 16 heavy (non-hydrogen) atoms. The largest absolute Gasteiger partial charge is 0.330 e. The SMILES string of the molecule is Cc1cc(CCN)nc(-c2ncccn2)n1. The molecule has 0 saturated carbocycles. The Balaban J connectivity index is 2.41. The highest BCUT2D eigenvalue weighted by Gasteiger charge is 2.06. The zero-order valence-corrected chi connectivity index (χ0v) is 9.09. The Hall–Kier alpha value is -1.88. The molecule has 0 radical (unpaired) electrons. The molecule has 0 spiro atoms. The van der Waals surface area contributed by atoms with Crippen LogP contribution in [0, 0.1) is 6.92 Å². The van der Waals surface area contributed by atoms with Crippen molar-refractivity contribution in [3.8, 4) is 11.6 Å². The highest BCUT2D eigenvalue weighted by molar-refractivity contribution is 5.42. The highest BCUT2D eigenvalue weighted by Crippen LogP contribution is 2.10. The smallest absolute Gasteiger partial charge is 0.198 e. The van der Waals surface area contributed by atoms with Gasteiger partial charge in [0.1, 0.15) is 0 Å². The van der Waals surface area contributed by atoms with Crippen LogP contribution in [0.25, 0.3) is 11.6 Å². The van der Waals surface area contributed by atoms with Crippen LogP contribution in [0.1, 0.15) is 11.4 Å². The lowest BCUT2D eigenvalue weighted by molar-refractivity contribution is 0.898. The second kappa shape index (κ2) is 4.76. The Morgan fingerprint density at radius 3 is 2.56 bits per heavy atom. The molecule has 0 saturated heterocycles.